The van der Waals surface area contributed by atoms with Crippen molar-refractivity contribution in [3.8, 4) is 11.4 Å². The third kappa shape index (κ3) is 5.05. The lowest BCUT2D eigenvalue weighted by Crippen LogP contribution is -2.43. The topological polar surface area (TPSA) is 96.6 Å². The molecule has 3 heterocycles. The molecule has 184 valence electrons. The van der Waals surface area contributed by atoms with Crippen molar-refractivity contribution in [1.29, 1.82) is 0 Å². The smallest absolute Gasteiger partial charge is 0.243 e. The molecule has 34 heavy (non-hydrogen) atoms. The first-order valence-electron chi connectivity index (χ1n) is 12.7. The summed E-state index contributed by atoms with van der Waals surface area (Å²) in [5, 5.41) is 4.09. The molecular weight excluding hydrogens is 452 g/mol. The van der Waals surface area contributed by atoms with Crippen molar-refractivity contribution in [2.45, 2.75) is 69.1 Å². The number of piperidine rings is 1. The zero-order valence-electron chi connectivity index (χ0n) is 19.7. The Kier molecular flexibility index (Phi) is 7.01. The van der Waals surface area contributed by atoms with Crippen LogP contribution < -0.4 is 0 Å². The van der Waals surface area contributed by atoms with E-state index in [0.717, 1.165) is 50.3 Å². The van der Waals surface area contributed by atoms with E-state index < -0.39 is 10.0 Å². The van der Waals surface area contributed by atoms with Crippen LogP contribution in [0.2, 0.25) is 0 Å². The Morgan fingerprint density at radius 1 is 0.941 bits per heavy atom. The van der Waals surface area contributed by atoms with E-state index in [1.165, 1.54) is 30.0 Å². The summed E-state index contributed by atoms with van der Waals surface area (Å²) in [5.41, 5.74) is 0.740. The number of nitrogens with zero attached hydrogens (tertiary/aromatic N) is 4. The van der Waals surface area contributed by atoms with Crippen molar-refractivity contribution in [2.75, 3.05) is 26.2 Å². The zero-order valence-corrected chi connectivity index (χ0v) is 20.5. The van der Waals surface area contributed by atoms with Gasteiger partial charge in [0.2, 0.25) is 27.6 Å². The van der Waals surface area contributed by atoms with Crippen LogP contribution in [0.25, 0.3) is 11.4 Å². The van der Waals surface area contributed by atoms with Gasteiger partial charge in [-0.3, -0.25) is 4.79 Å². The molecule has 0 unspecified atom stereocenters. The molecule has 3 aliphatic rings. The van der Waals surface area contributed by atoms with Gasteiger partial charge in [0.1, 0.15) is 0 Å². The summed E-state index contributed by atoms with van der Waals surface area (Å²) in [5.74, 6) is 2.04. The molecule has 2 aromatic rings. The van der Waals surface area contributed by atoms with E-state index in [0.29, 0.717) is 37.6 Å². The Morgan fingerprint density at radius 2 is 1.62 bits per heavy atom. The Balaban J connectivity index is 1.18. The van der Waals surface area contributed by atoms with Gasteiger partial charge in [-0.15, -0.1) is 0 Å². The number of likely N-dealkylation sites (tertiary alicyclic amines) is 1. The van der Waals surface area contributed by atoms with Gasteiger partial charge in [0, 0.05) is 44.1 Å². The number of hydrogen-bond donors (Lipinski definition) is 0. The fourth-order valence-corrected chi connectivity index (χ4v) is 7.03. The molecule has 5 rings (SSSR count). The van der Waals surface area contributed by atoms with Crippen molar-refractivity contribution in [1.82, 2.24) is 19.3 Å². The van der Waals surface area contributed by atoms with E-state index >= 15 is 0 Å². The van der Waals surface area contributed by atoms with Gasteiger partial charge in [-0.2, -0.15) is 9.29 Å². The minimum Gasteiger partial charge on any atom is -0.342 e. The quantitative estimate of drug-likeness (QED) is 0.589. The Hall–Kier alpha value is -2.26. The monoisotopic (exact) mass is 486 g/mol. The van der Waals surface area contributed by atoms with E-state index in [4.69, 9.17) is 4.52 Å². The van der Waals surface area contributed by atoms with Crippen molar-refractivity contribution in [3.05, 3.63) is 30.2 Å². The fraction of sp³-hybridized carbons (Fsp3) is 0.640. The number of sulfonamides is 1. The lowest BCUT2D eigenvalue weighted by molar-refractivity contribution is -0.135. The molecule has 1 amide bonds. The van der Waals surface area contributed by atoms with Crippen LogP contribution in [-0.4, -0.2) is 59.8 Å². The molecule has 2 saturated heterocycles. The van der Waals surface area contributed by atoms with Gasteiger partial charge in [-0.05, 0) is 62.3 Å². The van der Waals surface area contributed by atoms with Gasteiger partial charge in [0.15, 0.2) is 0 Å². The second kappa shape index (κ2) is 10.2. The highest BCUT2D eigenvalue weighted by Gasteiger charge is 2.34. The van der Waals surface area contributed by atoms with E-state index in [2.05, 4.69) is 10.1 Å². The highest BCUT2D eigenvalue weighted by molar-refractivity contribution is 7.89. The highest BCUT2D eigenvalue weighted by atomic mass is 32.2. The number of benzene rings is 1. The summed E-state index contributed by atoms with van der Waals surface area (Å²) >= 11 is 0. The predicted molar refractivity (Wildman–Crippen MR) is 127 cm³/mol. The zero-order chi connectivity index (χ0) is 23.5. The number of aryl methyl sites for hydroxylation is 1. The van der Waals surface area contributed by atoms with Crippen molar-refractivity contribution < 1.29 is 17.7 Å². The minimum absolute atomic E-state index is 0.0620. The maximum Gasteiger partial charge on any atom is 0.243 e. The summed E-state index contributed by atoms with van der Waals surface area (Å²) < 4.78 is 33.3. The lowest BCUT2D eigenvalue weighted by atomic mass is 9.97. The Labute approximate surface area is 201 Å². The van der Waals surface area contributed by atoms with Gasteiger partial charge in [0.05, 0.1) is 4.90 Å². The predicted octanol–water partition coefficient (Wildman–Crippen LogP) is 3.88. The van der Waals surface area contributed by atoms with Gasteiger partial charge in [-0.1, -0.05) is 30.8 Å². The van der Waals surface area contributed by atoms with Crippen molar-refractivity contribution in [2.24, 2.45) is 11.8 Å². The molecule has 3 fully saturated rings. The molecule has 8 nitrogen and oxygen atoms in total. The molecule has 0 radical (unpaired) electrons. The normalized spacial score (nSPS) is 20.9. The molecule has 0 spiro atoms. The van der Waals surface area contributed by atoms with E-state index in [-0.39, 0.29) is 16.7 Å². The summed E-state index contributed by atoms with van der Waals surface area (Å²) in [4.78, 5) is 19.3. The largest absolute Gasteiger partial charge is 0.342 e. The molecule has 1 saturated carbocycles. The third-order valence-corrected chi connectivity index (χ3v) is 9.59. The van der Waals surface area contributed by atoms with Crippen LogP contribution in [-0.2, 0) is 21.2 Å². The first-order chi connectivity index (χ1) is 16.5. The summed E-state index contributed by atoms with van der Waals surface area (Å²) in [7, 11) is -3.60. The molecule has 9 heteroatoms. The van der Waals surface area contributed by atoms with E-state index in [1.807, 2.05) is 4.90 Å². The van der Waals surface area contributed by atoms with Crippen LogP contribution in [0.4, 0.5) is 0 Å². The van der Waals surface area contributed by atoms with Crippen molar-refractivity contribution >= 4 is 15.9 Å². The van der Waals surface area contributed by atoms with Gasteiger partial charge in [-0.25, -0.2) is 8.42 Å². The number of hydrogen-bond acceptors (Lipinski definition) is 6. The van der Waals surface area contributed by atoms with Crippen LogP contribution in [0.15, 0.2) is 33.7 Å². The number of carbonyl (C=O) groups is 1. The molecule has 2 aliphatic heterocycles. The number of rotatable bonds is 7. The van der Waals surface area contributed by atoms with Crippen LogP contribution in [0, 0.1) is 11.8 Å². The second-order valence-electron chi connectivity index (χ2n) is 9.94. The SMILES string of the molecule is O=C(C1CCN(S(=O)(=O)c2ccc(-c3noc(CCC4CCCC4)n3)cc2)CC1)N1CCCC1. The number of carbonyl (C=O) groups excluding carboxylic acids is 1. The van der Waals surface area contributed by atoms with E-state index in [9.17, 15) is 13.2 Å². The molecule has 0 N–H and O–H groups in total. The lowest BCUT2D eigenvalue weighted by Gasteiger charge is -2.32. The van der Waals surface area contributed by atoms with Crippen LogP contribution in [0.1, 0.15) is 63.7 Å². The van der Waals surface area contributed by atoms with Gasteiger partial charge in [0.25, 0.3) is 0 Å². The molecule has 1 aromatic heterocycles. The minimum atomic E-state index is -3.60. The molecule has 1 aliphatic carbocycles. The molecule has 0 bridgehead atoms. The van der Waals surface area contributed by atoms with Crippen LogP contribution in [0.3, 0.4) is 0 Å². The summed E-state index contributed by atoms with van der Waals surface area (Å²) in [6.07, 6.45) is 10.4. The summed E-state index contributed by atoms with van der Waals surface area (Å²) in [6, 6.07) is 6.70. The van der Waals surface area contributed by atoms with Gasteiger partial charge >= 0.3 is 0 Å². The average molecular weight is 487 g/mol. The number of amides is 1. The Bertz CT molecular complexity index is 1080. The molecule has 1 aromatic carbocycles. The number of aromatic nitrogens is 2. The molecule has 0 atom stereocenters. The van der Waals surface area contributed by atoms with Crippen molar-refractivity contribution in [3.63, 3.8) is 0 Å². The fourth-order valence-electron chi connectivity index (χ4n) is 5.56. The second-order valence-corrected chi connectivity index (χ2v) is 11.9. The standard InChI is InChI=1S/C25H34N4O4S/c30-25(28-15-3-4-16-28)21-13-17-29(18-14-21)34(31,32)22-10-8-20(9-11-22)24-26-23(33-27-24)12-7-19-5-1-2-6-19/h8-11,19,21H,1-7,12-18H2. The van der Waals surface area contributed by atoms with Crippen LogP contribution in [0.5, 0.6) is 0 Å². The summed E-state index contributed by atoms with van der Waals surface area (Å²) in [6.45, 7) is 2.44. The molecular formula is C25H34N4O4S. The first-order valence-corrected chi connectivity index (χ1v) is 14.2. The average Bonchev–Trinajstić information content (AvgIpc) is 3.65. The Morgan fingerprint density at radius 3 is 2.29 bits per heavy atom. The van der Waals surface area contributed by atoms with Crippen LogP contribution >= 0.6 is 0 Å². The third-order valence-electron chi connectivity index (χ3n) is 7.68. The maximum atomic E-state index is 13.2. The van der Waals surface area contributed by atoms with Gasteiger partial charge < -0.3 is 9.42 Å². The van der Waals surface area contributed by atoms with E-state index in [1.54, 1.807) is 24.3 Å². The maximum absolute atomic E-state index is 13.2. The highest BCUT2D eigenvalue weighted by Crippen LogP contribution is 2.30. The first kappa shape index (κ1) is 23.5.